The Labute approximate surface area is 139 Å². The van der Waals surface area contributed by atoms with Crippen LogP contribution in [0.5, 0.6) is 0 Å². The summed E-state index contributed by atoms with van der Waals surface area (Å²) in [5.74, 6) is -1.88. The quantitative estimate of drug-likeness (QED) is 0.707. The molecule has 8 heteroatoms. The summed E-state index contributed by atoms with van der Waals surface area (Å²) in [6.45, 7) is 1.90. The van der Waals surface area contributed by atoms with Crippen LogP contribution >= 0.6 is 11.6 Å². The molecule has 1 N–H and O–H groups in total. The van der Waals surface area contributed by atoms with Gasteiger partial charge in [0.25, 0.3) is 0 Å². The predicted octanol–water partition coefficient (Wildman–Crippen LogP) is 4.96. The van der Waals surface area contributed by atoms with Crippen molar-refractivity contribution in [1.29, 1.82) is 0 Å². The van der Waals surface area contributed by atoms with Gasteiger partial charge in [-0.05, 0) is 42.8 Å². The number of oxazole rings is 1. The first-order valence-corrected chi connectivity index (χ1v) is 7.17. The molecule has 2 aromatic carbocycles. The Bertz CT molecular complexity index is 935. The van der Waals surface area contributed by atoms with E-state index in [1.807, 2.05) is 13.0 Å². The molecule has 0 bridgehead atoms. The van der Waals surface area contributed by atoms with Crippen LogP contribution in [0.15, 0.2) is 40.8 Å². The van der Waals surface area contributed by atoms with Crippen molar-refractivity contribution in [2.75, 3.05) is 5.32 Å². The molecule has 0 atom stereocenters. The standard InChI is InChI=1S/C16H10ClF3N2O2/c1-8-2-5-11-13(6-8)24-14(21-11)9-3-4-10(17)12(7-9)22-15(23)16(18,19)20/h2-7H,1H3,(H,22,23). The summed E-state index contributed by atoms with van der Waals surface area (Å²) in [4.78, 5) is 15.4. The molecule has 0 spiro atoms. The second-order valence-corrected chi connectivity index (χ2v) is 5.54. The molecule has 0 unspecified atom stereocenters. The van der Waals surface area contributed by atoms with E-state index in [4.69, 9.17) is 16.0 Å². The molecular weight excluding hydrogens is 345 g/mol. The topological polar surface area (TPSA) is 55.1 Å². The van der Waals surface area contributed by atoms with Gasteiger partial charge in [0.05, 0.1) is 10.7 Å². The number of fused-ring (bicyclic) bond motifs is 1. The van der Waals surface area contributed by atoms with Crippen molar-refractivity contribution in [3.8, 4) is 11.5 Å². The minimum atomic E-state index is -5.01. The summed E-state index contributed by atoms with van der Waals surface area (Å²) in [6, 6.07) is 9.63. The summed E-state index contributed by atoms with van der Waals surface area (Å²) >= 11 is 5.84. The van der Waals surface area contributed by atoms with E-state index in [1.165, 1.54) is 12.1 Å². The third kappa shape index (κ3) is 3.21. The van der Waals surface area contributed by atoms with Gasteiger partial charge >= 0.3 is 12.1 Å². The Morgan fingerprint density at radius 2 is 1.96 bits per heavy atom. The summed E-state index contributed by atoms with van der Waals surface area (Å²) in [6.07, 6.45) is -5.01. The predicted molar refractivity (Wildman–Crippen MR) is 83.9 cm³/mol. The molecule has 0 fully saturated rings. The van der Waals surface area contributed by atoms with Gasteiger partial charge in [-0.2, -0.15) is 13.2 Å². The van der Waals surface area contributed by atoms with Crippen LogP contribution in [0.2, 0.25) is 5.02 Å². The third-order valence-corrected chi connectivity index (χ3v) is 3.59. The molecule has 24 heavy (non-hydrogen) atoms. The minimum Gasteiger partial charge on any atom is -0.436 e. The van der Waals surface area contributed by atoms with Gasteiger partial charge in [-0.3, -0.25) is 4.79 Å². The lowest BCUT2D eigenvalue weighted by Crippen LogP contribution is -2.30. The molecule has 1 aromatic heterocycles. The van der Waals surface area contributed by atoms with E-state index < -0.39 is 12.1 Å². The van der Waals surface area contributed by atoms with E-state index in [-0.39, 0.29) is 16.6 Å². The number of alkyl halides is 3. The fourth-order valence-corrected chi connectivity index (χ4v) is 2.27. The second-order valence-electron chi connectivity index (χ2n) is 5.14. The molecule has 0 saturated heterocycles. The minimum absolute atomic E-state index is 0.0247. The maximum atomic E-state index is 12.4. The third-order valence-electron chi connectivity index (χ3n) is 3.26. The zero-order chi connectivity index (χ0) is 17.5. The first-order chi connectivity index (χ1) is 11.2. The first kappa shape index (κ1) is 16.3. The van der Waals surface area contributed by atoms with E-state index >= 15 is 0 Å². The molecule has 0 aliphatic carbocycles. The zero-order valence-corrected chi connectivity index (χ0v) is 13.0. The average Bonchev–Trinajstić information content (AvgIpc) is 2.91. The number of hydrogen-bond acceptors (Lipinski definition) is 3. The number of aryl methyl sites for hydroxylation is 1. The normalized spacial score (nSPS) is 11.7. The van der Waals surface area contributed by atoms with Crippen LogP contribution in [-0.2, 0) is 4.79 Å². The van der Waals surface area contributed by atoms with Gasteiger partial charge in [0.15, 0.2) is 5.58 Å². The highest BCUT2D eigenvalue weighted by Crippen LogP contribution is 2.31. The molecule has 0 saturated carbocycles. The Morgan fingerprint density at radius 3 is 2.67 bits per heavy atom. The van der Waals surface area contributed by atoms with E-state index in [0.29, 0.717) is 16.7 Å². The SMILES string of the molecule is Cc1ccc2nc(-c3ccc(Cl)c(NC(=O)C(F)(F)F)c3)oc2c1. The number of nitrogens with zero attached hydrogens (tertiary/aromatic N) is 1. The van der Waals surface area contributed by atoms with Crippen LogP contribution in [0, 0.1) is 6.92 Å². The number of anilines is 1. The van der Waals surface area contributed by atoms with Crippen molar-refractivity contribution in [1.82, 2.24) is 4.98 Å². The number of halogens is 4. The number of carbonyl (C=O) groups excluding carboxylic acids is 1. The molecule has 3 aromatic rings. The van der Waals surface area contributed by atoms with Gasteiger partial charge in [0.2, 0.25) is 5.89 Å². The van der Waals surface area contributed by atoms with Crippen LogP contribution < -0.4 is 5.32 Å². The summed E-state index contributed by atoms with van der Waals surface area (Å²) in [5.41, 5.74) is 2.38. The zero-order valence-electron chi connectivity index (χ0n) is 12.2. The first-order valence-electron chi connectivity index (χ1n) is 6.79. The summed E-state index contributed by atoms with van der Waals surface area (Å²) in [7, 11) is 0. The maximum Gasteiger partial charge on any atom is 0.471 e. The molecule has 0 radical (unpaired) electrons. The van der Waals surface area contributed by atoms with Crippen molar-refractivity contribution < 1.29 is 22.4 Å². The van der Waals surface area contributed by atoms with E-state index in [0.717, 1.165) is 5.56 Å². The monoisotopic (exact) mass is 354 g/mol. The lowest BCUT2D eigenvalue weighted by Gasteiger charge is -2.10. The van der Waals surface area contributed by atoms with Crippen LogP contribution in [-0.4, -0.2) is 17.1 Å². The highest BCUT2D eigenvalue weighted by atomic mass is 35.5. The molecule has 0 aliphatic heterocycles. The Balaban J connectivity index is 1.99. The van der Waals surface area contributed by atoms with Gasteiger partial charge in [0.1, 0.15) is 5.52 Å². The Kier molecular flexibility index (Phi) is 3.96. The molecule has 4 nitrogen and oxygen atoms in total. The van der Waals surface area contributed by atoms with Gasteiger partial charge in [-0.15, -0.1) is 0 Å². The smallest absolute Gasteiger partial charge is 0.436 e. The summed E-state index contributed by atoms with van der Waals surface area (Å²) in [5, 5.41) is 1.71. The lowest BCUT2D eigenvalue weighted by atomic mass is 10.2. The van der Waals surface area contributed by atoms with Crippen molar-refractivity contribution in [3.05, 3.63) is 47.0 Å². The Hall–Kier alpha value is -2.54. The fourth-order valence-electron chi connectivity index (χ4n) is 2.10. The number of carbonyl (C=O) groups is 1. The maximum absolute atomic E-state index is 12.4. The molecule has 0 aliphatic rings. The highest BCUT2D eigenvalue weighted by molar-refractivity contribution is 6.33. The van der Waals surface area contributed by atoms with Gasteiger partial charge in [0, 0.05) is 5.56 Å². The van der Waals surface area contributed by atoms with E-state index in [1.54, 1.807) is 23.5 Å². The molecular formula is C16H10ClF3N2O2. The number of rotatable bonds is 2. The van der Waals surface area contributed by atoms with Crippen LogP contribution in [0.1, 0.15) is 5.56 Å². The number of amides is 1. The van der Waals surface area contributed by atoms with Crippen molar-refractivity contribution in [2.24, 2.45) is 0 Å². The molecule has 1 amide bonds. The van der Waals surface area contributed by atoms with E-state index in [9.17, 15) is 18.0 Å². The van der Waals surface area contributed by atoms with Gasteiger partial charge in [-0.1, -0.05) is 17.7 Å². The van der Waals surface area contributed by atoms with Crippen molar-refractivity contribution >= 4 is 34.3 Å². The largest absolute Gasteiger partial charge is 0.471 e. The van der Waals surface area contributed by atoms with Crippen LogP contribution in [0.25, 0.3) is 22.6 Å². The van der Waals surface area contributed by atoms with Crippen LogP contribution in [0.4, 0.5) is 18.9 Å². The molecule has 1 heterocycles. The van der Waals surface area contributed by atoms with Gasteiger partial charge < -0.3 is 9.73 Å². The summed E-state index contributed by atoms with van der Waals surface area (Å²) < 4.78 is 42.8. The average molecular weight is 355 g/mol. The number of aromatic nitrogens is 1. The molecule has 3 rings (SSSR count). The number of benzene rings is 2. The lowest BCUT2D eigenvalue weighted by molar-refractivity contribution is -0.167. The van der Waals surface area contributed by atoms with Crippen LogP contribution in [0.3, 0.4) is 0 Å². The van der Waals surface area contributed by atoms with E-state index in [2.05, 4.69) is 4.98 Å². The Morgan fingerprint density at radius 1 is 1.21 bits per heavy atom. The molecule has 124 valence electrons. The van der Waals surface area contributed by atoms with Crippen molar-refractivity contribution in [2.45, 2.75) is 13.1 Å². The second kappa shape index (κ2) is 5.83. The number of hydrogen-bond donors (Lipinski definition) is 1. The van der Waals surface area contributed by atoms with Crippen molar-refractivity contribution in [3.63, 3.8) is 0 Å². The van der Waals surface area contributed by atoms with Gasteiger partial charge in [-0.25, -0.2) is 4.98 Å². The highest BCUT2D eigenvalue weighted by Gasteiger charge is 2.39. The fraction of sp³-hybridized carbons (Fsp3) is 0.125. The number of nitrogens with one attached hydrogen (secondary N) is 1.